The van der Waals surface area contributed by atoms with E-state index >= 15 is 0 Å². The van der Waals surface area contributed by atoms with Gasteiger partial charge in [0.15, 0.2) is 5.16 Å². The number of anilines is 1. The van der Waals surface area contributed by atoms with Crippen molar-refractivity contribution in [3.8, 4) is 0 Å². The molecule has 1 N–H and O–H groups in total. The van der Waals surface area contributed by atoms with Gasteiger partial charge in [0.2, 0.25) is 11.8 Å². The lowest BCUT2D eigenvalue weighted by molar-refractivity contribution is -0.132. The predicted molar refractivity (Wildman–Crippen MR) is 134 cm³/mol. The Morgan fingerprint density at radius 3 is 2.48 bits per heavy atom. The van der Waals surface area contributed by atoms with Gasteiger partial charge in [0, 0.05) is 31.2 Å². The van der Waals surface area contributed by atoms with E-state index in [1.807, 2.05) is 53.4 Å². The average Bonchev–Trinajstić information content (AvgIpc) is 3.19. The number of rotatable bonds is 8. The van der Waals surface area contributed by atoms with E-state index in [9.17, 15) is 9.59 Å². The van der Waals surface area contributed by atoms with Gasteiger partial charge >= 0.3 is 0 Å². The Morgan fingerprint density at radius 1 is 1.06 bits per heavy atom. The van der Waals surface area contributed by atoms with E-state index in [0.717, 1.165) is 34.8 Å². The first-order valence-electron chi connectivity index (χ1n) is 11.7. The molecule has 174 valence electrons. The van der Waals surface area contributed by atoms with E-state index in [4.69, 9.17) is 4.98 Å². The molecule has 2 aromatic carbocycles. The van der Waals surface area contributed by atoms with Gasteiger partial charge in [0.1, 0.15) is 0 Å². The molecule has 4 rings (SSSR count). The monoisotopic (exact) mass is 464 g/mol. The van der Waals surface area contributed by atoms with Gasteiger partial charge in [0.05, 0.1) is 16.8 Å². The summed E-state index contributed by atoms with van der Waals surface area (Å²) in [5.41, 5.74) is 2.91. The number of benzene rings is 2. The van der Waals surface area contributed by atoms with Crippen LogP contribution in [0.15, 0.2) is 59.8 Å². The zero-order valence-electron chi connectivity index (χ0n) is 19.4. The second kappa shape index (κ2) is 10.9. The van der Waals surface area contributed by atoms with Crippen molar-refractivity contribution in [3.63, 3.8) is 0 Å². The number of likely N-dealkylation sites (tertiary alicyclic amines) is 1. The molecule has 1 aromatic heterocycles. The number of para-hydroxylation sites is 3. The second-order valence-electron chi connectivity index (χ2n) is 9.02. The fraction of sp³-hybridized carbons (Fsp3) is 0.423. The first-order valence-corrected chi connectivity index (χ1v) is 12.7. The van der Waals surface area contributed by atoms with Crippen molar-refractivity contribution in [2.45, 2.75) is 44.8 Å². The zero-order chi connectivity index (χ0) is 23.2. The number of hydrogen-bond donors (Lipinski definition) is 1. The minimum absolute atomic E-state index is 0.0431. The van der Waals surface area contributed by atoms with E-state index in [1.165, 1.54) is 11.8 Å². The Kier molecular flexibility index (Phi) is 7.70. The number of nitrogens with one attached hydrogen (secondary N) is 1. The normalized spacial score (nSPS) is 14.7. The van der Waals surface area contributed by atoms with Crippen LogP contribution < -0.4 is 5.32 Å². The molecule has 0 radical (unpaired) electrons. The van der Waals surface area contributed by atoms with Crippen molar-refractivity contribution in [2.24, 2.45) is 11.8 Å². The summed E-state index contributed by atoms with van der Waals surface area (Å²) >= 11 is 1.52. The first kappa shape index (κ1) is 23.4. The highest BCUT2D eigenvalue weighted by atomic mass is 32.2. The molecule has 0 spiro atoms. The average molecular weight is 465 g/mol. The summed E-state index contributed by atoms with van der Waals surface area (Å²) in [6.07, 6.45) is 2.46. The highest BCUT2D eigenvalue weighted by molar-refractivity contribution is 7.99. The van der Waals surface area contributed by atoms with Gasteiger partial charge in [-0.05, 0) is 49.4 Å². The Bertz CT molecular complexity index is 1090. The molecule has 0 atom stereocenters. The van der Waals surface area contributed by atoms with Gasteiger partial charge in [-0.15, -0.1) is 0 Å². The number of amides is 2. The van der Waals surface area contributed by atoms with Crippen LogP contribution in [-0.4, -0.2) is 45.1 Å². The molecule has 1 saturated heterocycles. The van der Waals surface area contributed by atoms with Crippen LogP contribution in [0, 0.1) is 11.8 Å². The minimum atomic E-state index is -0.0536. The number of carbonyl (C=O) groups excluding carboxylic acids is 2. The SMILES string of the molecule is CC(C)CCn1c(SCC(=O)N2CCC(C(=O)Nc3ccccc3)CC2)nc2ccccc21. The number of hydrogen-bond acceptors (Lipinski definition) is 4. The van der Waals surface area contributed by atoms with Gasteiger partial charge in [-0.3, -0.25) is 9.59 Å². The molecule has 0 saturated carbocycles. The van der Waals surface area contributed by atoms with Crippen molar-refractivity contribution in [2.75, 3.05) is 24.2 Å². The number of imidazole rings is 1. The maximum atomic E-state index is 12.9. The van der Waals surface area contributed by atoms with Crippen molar-refractivity contribution in [1.29, 1.82) is 0 Å². The third-order valence-electron chi connectivity index (χ3n) is 6.13. The summed E-state index contributed by atoms with van der Waals surface area (Å²) in [6.45, 7) is 6.58. The summed E-state index contributed by atoms with van der Waals surface area (Å²) in [6, 6.07) is 17.7. The number of aromatic nitrogens is 2. The molecule has 2 amide bonds. The molecule has 0 bridgehead atoms. The van der Waals surface area contributed by atoms with Crippen LogP contribution >= 0.6 is 11.8 Å². The predicted octanol–water partition coefficient (Wildman–Crippen LogP) is 5.05. The van der Waals surface area contributed by atoms with Crippen molar-refractivity contribution >= 4 is 40.3 Å². The Balaban J connectivity index is 1.31. The van der Waals surface area contributed by atoms with Crippen LogP contribution in [0.25, 0.3) is 11.0 Å². The van der Waals surface area contributed by atoms with Crippen LogP contribution in [0.5, 0.6) is 0 Å². The Labute approximate surface area is 199 Å². The first-order chi connectivity index (χ1) is 16.0. The number of fused-ring (bicyclic) bond motifs is 1. The molecular weight excluding hydrogens is 432 g/mol. The highest BCUT2D eigenvalue weighted by Crippen LogP contribution is 2.26. The Morgan fingerprint density at radius 2 is 1.76 bits per heavy atom. The fourth-order valence-corrected chi connectivity index (χ4v) is 5.08. The molecule has 0 aliphatic carbocycles. The molecule has 1 aliphatic heterocycles. The molecule has 7 heteroatoms. The molecule has 1 fully saturated rings. The molecule has 2 heterocycles. The lowest BCUT2D eigenvalue weighted by atomic mass is 9.96. The van der Waals surface area contributed by atoms with Crippen LogP contribution in [0.1, 0.15) is 33.1 Å². The van der Waals surface area contributed by atoms with Gasteiger partial charge in [-0.2, -0.15) is 0 Å². The van der Waals surface area contributed by atoms with E-state index in [0.29, 0.717) is 37.6 Å². The number of nitrogens with zero attached hydrogens (tertiary/aromatic N) is 3. The smallest absolute Gasteiger partial charge is 0.233 e. The van der Waals surface area contributed by atoms with E-state index in [-0.39, 0.29) is 17.7 Å². The summed E-state index contributed by atoms with van der Waals surface area (Å²) < 4.78 is 2.24. The highest BCUT2D eigenvalue weighted by Gasteiger charge is 2.27. The maximum Gasteiger partial charge on any atom is 0.233 e. The molecule has 33 heavy (non-hydrogen) atoms. The van der Waals surface area contributed by atoms with Crippen molar-refractivity contribution in [3.05, 3.63) is 54.6 Å². The third kappa shape index (κ3) is 5.96. The topological polar surface area (TPSA) is 67.2 Å². The minimum Gasteiger partial charge on any atom is -0.342 e. The molecule has 0 unspecified atom stereocenters. The lowest BCUT2D eigenvalue weighted by Crippen LogP contribution is -2.42. The van der Waals surface area contributed by atoms with Crippen LogP contribution in [-0.2, 0) is 16.1 Å². The maximum absolute atomic E-state index is 12.9. The van der Waals surface area contributed by atoms with Gasteiger partial charge in [-0.25, -0.2) is 4.98 Å². The number of aryl methyl sites for hydroxylation is 1. The van der Waals surface area contributed by atoms with Gasteiger partial charge in [0.25, 0.3) is 0 Å². The summed E-state index contributed by atoms with van der Waals surface area (Å²) in [4.78, 5) is 32.1. The van der Waals surface area contributed by atoms with Crippen LogP contribution in [0.3, 0.4) is 0 Å². The second-order valence-corrected chi connectivity index (χ2v) is 9.96. The number of carbonyl (C=O) groups is 2. The van der Waals surface area contributed by atoms with Crippen molar-refractivity contribution < 1.29 is 9.59 Å². The molecular formula is C26H32N4O2S. The Hall–Kier alpha value is -2.80. The van der Waals surface area contributed by atoms with E-state index in [2.05, 4.69) is 29.8 Å². The summed E-state index contributed by atoms with van der Waals surface area (Å²) in [7, 11) is 0. The van der Waals surface area contributed by atoms with Gasteiger partial charge < -0.3 is 14.8 Å². The standard InChI is InChI=1S/C26H32N4O2S/c1-19(2)12-17-30-23-11-7-6-10-22(23)28-26(30)33-18-24(31)29-15-13-20(14-16-29)25(32)27-21-8-4-3-5-9-21/h3-11,19-20H,12-18H2,1-2H3,(H,27,32). The number of thioether (sulfide) groups is 1. The molecule has 6 nitrogen and oxygen atoms in total. The lowest BCUT2D eigenvalue weighted by Gasteiger charge is -2.31. The largest absolute Gasteiger partial charge is 0.342 e. The van der Waals surface area contributed by atoms with Crippen molar-refractivity contribution in [1.82, 2.24) is 14.5 Å². The van der Waals surface area contributed by atoms with Crippen LogP contribution in [0.4, 0.5) is 5.69 Å². The van der Waals surface area contributed by atoms with E-state index < -0.39 is 0 Å². The summed E-state index contributed by atoms with van der Waals surface area (Å²) in [5.74, 6) is 1.07. The summed E-state index contributed by atoms with van der Waals surface area (Å²) in [5, 5.41) is 3.89. The molecule has 1 aliphatic rings. The van der Waals surface area contributed by atoms with Crippen LogP contribution in [0.2, 0.25) is 0 Å². The van der Waals surface area contributed by atoms with E-state index in [1.54, 1.807) is 0 Å². The molecule has 3 aromatic rings. The fourth-order valence-electron chi connectivity index (χ4n) is 4.14. The third-order valence-corrected chi connectivity index (χ3v) is 7.10. The zero-order valence-corrected chi connectivity index (χ0v) is 20.2. The number of piperidine rings is 1. The van der Waals surface area contributed by atoms with Gasteiger partial charge in [-0.1, -0.05) is 55.9 Å². The quantitative estimate of drug-likeness (QED) is 0.474.